The van der Waals surface area contributed by atoms with Crippen LogP contribution >= 0.6 is 0 Å². The van der Waals surface area contributed by atoms with Crippen LogP contribution in [0.1, 0.15) is 29.2 Å². The van der Waals surface area contributed by atoms with Gasteiger partial charge in [0.1, 0.15) is 6.26 Å². The van der Waals surface area contributed by atoms with E-state index in [0.717, 1.165) is 38.7 Å². The molecule has 0 unspecified atom stereocenters. The van der Waals surface area contributed by atoms with Gasteiger partial charge >= 0.3 is 0 Å². The summed E-state index contributed by atoms with van der Waals surface area (Å²) in [5, 5.41) is 0. The Hall–Kier alpha value is -2.48. The first-order chi connectivity index (χ1) is 12.7. The summed E-state index contributed by atoms with van der Waals surface area (Å²) < 4.78 is 5.53. The average molecular weight is 356 g/mol. The average Bonchev–Trinajstić information content (AvgIpc) is 3.37. The second kappa shape index (κ2) is 7.41. The molecule has 2 fully saturated rings. The van der Waals surface area contributed by atoms with Gasteiger partial charge in [-0.1, -0.05) is 0 Å². The van der Waals surface area contributed by atoms with Gasteiger partial charge in [0.05, 0.1) is 6.54 Å². The van der Waals surface area contributed by atoms with E-state index < -0.39 is 0 Å². The number of hydrogen-bond acceptors (Lipinski definition) is 7. The van der Waals surface area contributed by atoms with Crippen LogP contribution < -0.4 is 4.90 Å². The normalized spacial score (nSPS) is 18.1. The summed E-state index contributed by atoms with van der Waals surface area (Å²) in [4.78, 5) is 31.6. The molecule has 1 amide bonds. The number of rotatable bonds is 6. The molecule has 4 rings (SSSR count). The standard InChI is InChI=1S/C18H24N6O2/c1-22(11-14-3-4-14)17(25)15-13-26-16(21-15)12-23-7-9-24(10-8-23)18-19-5-2-6-20-18/h2,5-6,13-14H,3-4,7-12H2,1H3. The number of hydrogen-bond donors (Lipinski definition) is 0. The molecule has 0 aromatic carbocycles. The molecule has 1 aliphatic heterocycles. The van der Waals surface area contributed by atoms with Gasteiger partial charge < -0.3 is 14.2 Å². The summed E-state index contributed by atoms with van der Waals surface area (Å²) in [6, 6.07) is 1.82. The molecular weight excluding hydrogens is 332 g/mol. The quantitative estimate of drug-likeness (QED) is 0.771. The molecule has 1 saturated heterocycles. The zero-order valence-corrected chi connectivity index (χ0v) is 15.0. The van der Waals surface area contributed by atoms with E-state index in [0.29, 0.717) is 24.0 Å². The molecule has 0 radical (unpaired) electrons. The fourth-order valence-corrected chi connectivity index (χ4v) is 3.20. The van der Waals surface area contributed by atoms with Gasteiger partial charge in [0.25, 0.3) is 5.91 Å². The number of oxazole rings is 1. The van der Waals surface area contributed by atoms with Gasteiger partial charge in [0.2, 0.25) is 11.8 Å². The minimum Gasteiger partial charge on any atom is -0.447 e. The molecule has 0 N–H and O–H groups in total. The van der Waals surface area contributed by atoms with Crippen molar-refractivity contribution < 1.29 is 9.21 Å². The van der Waals surface area contributed by atoms with E-state index in [1.165, 1.54) is 19.1 Å². The molecule has 8 nitrogen and oxygen atoms in total. The van der Waals surface area contributed by atoms with Crippen LogP contribution in [0.3, 0.4) is 0 Å². The first-order valence-corrected chi connectivity index (χ1v) is 9.13. The fourth-order valence-electron chi connectivity index (χ4n) is 3.20. The van der Waals surface area contributed by atoms with Crippen LogP contribution in [0.25, 0.3) is 0 Å². The number of aromatic nitrogens is 3. The smallest absolute Gasteiger partial charge is 0.275 e. The lowest BCUT2D eigenvalue weighted by atomic mass is 10.3. The number of anilines is 1. The third-order valence-corrected chi connectivity index (χ3v) is 4.91. The van der Waals surface area contributed by atoms with Gasteiger partial charge in [-0.15, -0.1) is 0 Å². The van der Waals surface area contributed by atoms with Crippen molar-refractivity contribution in [1.29, 1.82) is 0 Å². The lowest BCUT2D eigenvalue weighted by Crippen LogP contribution is -2.46. The molecule has 8 heteroatoms. The van der Waals surface area contributed by atoms with E-state index in [9.17, 15) is 4.79 Å². The van der Waals surface area contributed by atoms with Crippen molar-refractivity contribution in [2.75, 3.05) is 44.7 Å². The molecule has 3 heterocycles. The zero-order chi connectivity index (χ0) is 17.9. The Labute approximate surface area is 152 Å². The lowest BCUT2D eigenvalue weighted by molar-refractivity contribution is 0.0782. The van der Waals surface area contributed by atoms with Crippen molar-refractivity contribution in [2.45, 2.75) is 19.4 Å². The third kappa shape index (κ3) is 4.01. The van der Waals surface area contributed by atoms with Crippen molar-refractivity contribution in [3.8, 4) is 0 Å². The second-order valence-electron chi connectivity index (χ2n) is 7.07. The van der Waals surface area contributed by atoms with Crippen LogP contribution in [-0.4, -0.2) is 70.4 Å². The molecule has 26 heavy (non-hydrogen) atoms. The summed E-state index contributed by atoms with van der Waals surface area (Å²) in [5.41, 5.74) is 0.402. The van der Waals surface area contributed by atoms with Crippen LogP contribution in [0.4, 0.5) is 5.95 Å². The Balaban J connectivity index is 1.28. The molecule has 0 spiro atoms. The van der Waals surface area contributed by atoms with Crippen LogP contribution in [0, 0.1) is 5.92 Å². The Morgan fingerprint density at radius 2 is 1.96 bits per heavy atom. The molecule has 0 atom stereocenters. The highest BCUT2D eigenvalue weighted by atomic mass is 16.3. The van der Waals surface area contributed by atoms with Gasteiger partial charge in [0, 0.05) is 52.2 Å². The molecule has 0 bridgehead atoms. The molecule has 138 valence electrons. The summed E-state index contributed by atoms with van der Waals surface area (Å²) in [6.07, 6.45) is 7.46. The maximum absolute atomic E-state index is 12.4. The van der Waals surface area contributed by atoms with Gasteiger partial charge in [-0.25, -0.2) is 15.0 Å². The molecular formula is C18H24N6O2. The summed E-state index contributed by atoms with van der Waals surface area (Å²) in [5.74, 6) is 1.98. The van der Waals surface area contributed by atoms with Gasteiger partial charge in [-0.2, -0.15) is 0 Å². The van der Waals surface area contributed by atoms with Gasteiger partial charge in [-0.05, 0) is 24.8 Å². The Kier molecular flexibility index (Phi) is 4.83. The molecule has 2 aromatic rings. The summed E-state index contributed by atoms with van der Waals surface area (Å²) in [6.45, 7) is 4.91. The van der Waals surface area contributed by atoms with Gasteiger partial charge in [0.15, 0.2) is 5.69 Å². The Bertz CT molecular complexity index is 737. The first-order valence-electron chi connectivity index (χ1n) is 9.13. The monoisotopic (exact) mass is 356 g/mol. The first kappa shape index (κ1) is 17.0. The number of piperazine rings is 1. The van der Waals surface area contributed by atoms with Crippen LogP contribution in [0.5, 0.6) is 0 Å². The molecule has 2 aliphatic rings. The van der Waals surface area contributed by atoms with Crippen LogP contribution in [0.15, 0.2) is 29.1 Å². The minimum atomic E-state index is -0.0575. The molecule has 2 aromatic heterocycles. The third-order valence-electron chi connectivity index (χ3n) is 4.91. The zero-order valence-electron chi connectivity index (χ0n) is 15.0. The highest BCUT2D eigenvalue weighted by Crippen LogP contribution is 2.29. The predicted molar refractivity (Wildman–Crippen MR) is 95.7 cm³/mol. The SMILES string of the molecule is CN(CC1CC1)C(=O)c1coc(CN2CCN(c3ncccn3)CC2)n1. The van der Waals surface area contributed by atoms with E-state index in [2.05, 4.69) is 24.8 Å². The maximum atomic E-state index is 12.4. The Morgan fingerprint density at radius 3 is 2.65 bits per heavy atom. The molecule has 1 aliphatic carbocycles. The van der Waals surface area contributed by atoms with Crippen molar-refractivity contribution >= 4 is 11.9 Å². The number of carbonyl (C=O) groups excluding carboxylic acids is 1. The number of nitrogens with zero attached hydrogens (tertiary/aromatic N) is 6. The largest absolute Gasteiger partial charge is 0.447 e. The van der Waals surface area contributed by atoms with Crippen LogP contribution in [0.2, 0.25) is 0 Å². The van der Waals surface area contributed by atoms with Crippen molar-refractivity contribution in [3.05, 3.63) is 36.3 Å². The van der Waals surface area contributed by atoms with E-state index >= 15 is 0 Å². The van der Waals surface area contributed by atoms with Crippen molar-refractivity contribution in [3.63, 3.8) is 0 Å². The highest BCUT2D eigenvalue weighted by Gasteiger charge is 2.27. The maximum Gasteiger partial charge on any atom is 0.275 e. The highest BCUT2D eigenvalue weighted by molar-refractivity contribution is 5.91. The van der Waals surface area contributed by atoms with E-state index in [4.69, 9.17) is 4.42 Å². The topological polar surface area (TPSA) is 78.6 Å². The van der Waals surface area contributed by atoms with Crippen LogP contribution in [-0.2, 0) is 6.54 Å². The minimum absolute atomic E-state index is 0.0575. The lowest BCUT2D eigenvalue weighted by Gasteiger charge is -2.33. The van der Waals surface area contributed by atoms with Crippen molar-refractivity contribution in [1.82, 2.24) is 24.8 Å². The number of amides is 1. The van der Waals surface area contributed by atoms with Crippen molar-refractivity contribution in [2.24, 2.45) is 5.92 Å². The van der Waals surface area contributed by atoms with E-state index in [1.54, 1.807) is 17.3 Å². The van der Waals surface area contributed by atoms with E-state index in [-0.39, 0.29) is 5.91 Å². The fraction of sp³-hybridized carbons (Fsp3) is 0.556. The molecule has 1 saturated carbocycles. The second-order valence-corrected chi connectivity index (χ2v) is 7.07. The summed E-state index contributed by atoms with van der Waals surface area (Å²) >= 11 is 0. The van der Waals surface area contributed by atoms with Gasteiger partial charge in [-0.3, -0.25) is 9.69 Å². The Morgan fingerprint density at radius 1 is 1.23 bits per heavy atom. The summed E-state index contributed by atoms with van der Waals surface area (Å²) in [7, 11) is 1.83. The number of carbonyl (C=O) groups is 1. The predicted octanol–water partition coefficient (Wildman–Crippen LogP) is 1.27. The van der Waals surface area contributed by atoms with E-state index in [1.807, 2.05) is 13.1 Å².